The molecule has 3 heterocycles. The van der Waals surface area contributed by atoms with Gasteiger partial charge in [-0.3, -0.25) is 4.90 Å². The van der Waals surface area contributed by atoms with Gasteiger partial charge in [-0.1, -0.05) is 90.5 Å². The molecule has 6 nitrogen and oxygen atoms in total. The van der Waals surface area contributed by atoms with E-state index >= 15 is 0 Å². The molecule has 2 N–H and O–H groups in total. The molecular weight excluding hydrogens is 454 g/mol. The molecule has 0 aliphatic carbocycles. The summed E-state index contributed by atoms with van der Waals surface area (Å²) in [4.78, 5) is 20.9. The summed E-state index contributed by atoms with van der Waals surface area (Å²) in [7, 11) is 0. The van der Waals surface area contributed by atoms with E-state index in [-0.39, 0.29) is 6.10 Å². The molecule has 2 atom stereocenters. The molecule has 3 aromatic carbocycles. The van der Waals surface area contributed by atoms with Crippen molar-refractivity contribution in [1.29, 1.82) is 0 Å². The number of fused-ring (bicyclic) bond motifs is 3. The number of piperidine rings is 3. The van der Waals surface area contributed by atoms with Gasteiger partial charge in [0.15, 0.2) is 0 Å². The molecule has 3 aliphatic heterocycles. The zero-order valence-electron chi connectivity index (χ0n) is 20.5. The highest BCUT2D eigenvalue weighted by molar-refractivity contribution is 6.27. The number of carboxylic acids is 2. The van der Waals surface area contributed by atoms with E-state index in [4.69, 9.17) is 24.5 Å². The van der Waals surface area contributed by atoms with Gasteiger partial charge in [-0.05, 0) is 55.5 Å². The van der Waals surface area contributed by atoms with Crippen molar-refractivity contribution in [1.82, 2.24) is 4.90 Å². The molecule has 3 aromatic rings. The van der Waals surface area contributed by atoms with Crippen LogP contribution in [0.5, 0.6) is 0 Å². The third kappa shape index (κ3) is 6.20. The minimum Gasteiger partial charge on any atom is -0.473 e. The number of carboxylic acid groups (broad SMARTS) is 2. The van der Waals surface area contributed by atoms with E-state index in [2.05, 4.69) is 96.8 Å². The van der Waals surface area contributed by atoms with Crippen molar-refractivity contribution < 1.29 is 24.5 Å². The van der Waals surface area contributed by atoms with E-state index < -0.39 is 11.9 Å². The van der Waals surface area contributed by atoms with Gasteiger partial charge in [-0.15, -0.1) is 0 Å². The lowest BCUT2D eigenvalue weighted by Crippen LogP contribution is -2.60. The zero-order valence-corrected chi connectivity index (χ0v) is 20.5. The molecule has 3 saturated heterocycles. The standard InChI is InChI=1S/C28H31NO.C2H2O4/c1-21-12-14-22(15-13-21)20-30-28-25-16-18-29(19-17-25)27(28)26(23-8-4-2-5-9-23)24-10-6-3-7-11-24;3-1(4)2(5)6/h2-15,25-28H,16-20H2,1H3;(H,3,4)(H,5,6). The predicted octanol–water partition coefficient (Wildman–Crippen LogP) is 4.96. The van der Waals surface area contributed by atoms with Gasteiger partial charge < -0.3 is 14.9 Å². The minimum absolute atomic E-state index is 0.263. The number of ether oxygens (including phenoxy) is 1. The fourth-order valence-electron chi connectivity index (χ4n) is 5.45. The summed E-state index contributed by atoms with van der Waals surface area (Å²) >= 11 is 0. The topological polar surface area (TPSA) is 87.1 Å². The fraction of sp³-hybridized carbons (Fsp3) is 0.333. The second-order valence-corrected chi connectivity index (χ2v) is 9.53. The number of carbonyl (C=O) groups is 2. The van der Waals surface area contributed by atoms with Crippen molar-refractivity contribution in [2.75, 3.05) is 13.1 Å². The van der Waals surface area contributed by atoms with Gasteiger partial charge in [-0.2, -0.15) is 0 Å². The highest BCUT2D eigenvalue weighted by Gasteiger charge is 2.47. The molecular formula is C30H33NO5. The predicted molar refractivity (Wildman–Crippen MR) is 138 cm³/mol. The third-order valence-corrected chi connectivity index (χ3v) is 7.20. The fourth-order valence-corrected chi connectivity index (χ4v) is 5.45. The van der Waals surface area contributed by atoms with Crippen LogP contribution in [0.25, 0.3) is 0 Å². The van der Waals surface area contributed by atoms with Crippen LogP contribution in [0.4, 0.5) is 0 Å². The smallest absolute Gasteiger partial charge is 0.414 e. The maximum Gasteiger partial charge on any atom is 0.414 e. The maximum absolute atomic E-state index is 9.10. The van der Waals surface area contributed by atoms with Gasteiger partial charge in [0.2, 0.25) is 0 Å². The summed E-state index contributed by atoms with van der Waals surface area (Å²) in [6.45, 7) is 5.21. The summed E-state index contributed by atoms with van der Waals surface area (Å²) in [5.74, 6) is -2.66. The summed E-state index contributed by atoms with van der Waals surface area (Å²) in [6.07, 6.45) is 2.77. The summed E-state index contributed by atoms with van der Waals surface area (Å²) in [5, 5.41) is 14.8. The SMILES string of the molecule is Cc1ccc(COC2C3CCN(CC3)C2C(c2ccccc2)c2ccccc2)cc1.O=C(O)C(=O)O. The number of benzene rings is 3. The monoisotopic (exact) mass is 487 g/mol. The molecule has 0 aromatic heterocycles. The van der Waals surface area contributed by atoms with Crippen molar-refractivity contribution in [2.45, 2.75) is 44.4 Å². The van der Waals surface area contributed by atoms with Gasteiger partial charge in [0.1, 0.15) is 0 Å². The van der Waals surface area contributed by atoms with Crippen LogP contribution in [0.15, 0.2) is 84.9 Å². The van der Waals surface area contributed by atoms with Crippen LogP contribution >= 0.6 is 0 Å². The van der Waals surface area contributed by atoms with E-state index in [1.165, 1.54) is 48.2 Å². The normalized spacial score (nSPS) is 22.5. The van der Waals surface area contributed by atoms with Gasteiger partial charge in [-0.25, -0.2) is 9.59 Å². The summed E-state index contributed by atoms with van der Waals surface area (Å²) in [5.41, 5.74) is 5.36. The molecule has 6 heteroatoms. The van der Waals surface area contributed by atoms with Crippen LogP contribution in [0, 0.1) is 12.8 Å². The largest absolute Gasteiger partial charge is 0.473 e. The first-order valence-corrected chi connectivity index (χ1v) is 12.4. The maximum atomic E-state index is 9.10. The van der Waals surface area contributed by atoms with E-state index in [0.717, 1.165) is 0 Å². The third-order valence-electron chi connectivity index (χ3n) is 7.20. The van der Waals surface area contributed by atoms with Crippen LogP contribution in [0.1, 0.15) is 41.0 Å². The average Bonchev–Trinajstić information content (AvgIpc) is 2.91. The Morgan fingerprint density at radius 3 is 1.81 bits per heavy atom. The molecule has 36 heavy (non-hydrogen) atoms. The Bertz CT molecular complexity index is 1070. The molecule has 0 saturated carbocycles. The second-order valence-electron chi connectivity index (χ2n) is 9.53. The number of rotatable bonds is 6. The average molecular weight is 488 g/mol. The summed E-state index contributed by atoms with van der Waals surface area (Å²) < 4.78 is 6.74. The Morgan fingerprint density at radius 1 is 0.833 bits per heavy atom. The van der Waals surface area contributed by atoms with Crippen molar-refractivity contribution in [2.24, 2.45) is 5.92 Å². The molecule has 2 bridgehead atoms. The summed E-state index contributed by atoms with van der Waals surface area (Å²) in [6, 6.07) is 31.2. The van der Waals surface area contributed by atoms with E-state index in [0.29, 0.717) is 24.5 Å². The molecule has 188 valence electrons. The Kier molecular flexibility index (Phi) is 8.52. The number of hydrogen-bond acceptors (Lipinski definition) is 4. The van der Waals surface area contributed by atoms with Crippen LogP contribution in [-0.4, -0.2) is 52.3 Å². The Morgan fingerprint density at radius 2 is 1.33 bits per heavy atom. The first-order valence-electron chi connectivity index (χ1n) is 12.4. The van der Waals surface area contributed by atoms with Crippen LogP contribution in [0.3, 0.4) is 0 Å². The molecule has 3 fully saturated rings. The molecule has 2 unspecified atom stereocenters. The highest BCUT2D eigenvalue weighted by Crippen LogP contribution is 2.43. The van der Waals surface area contributed by atoms with Gasteiger partial charge in [0.05, 0.1) is 12.7 Å². The van der Waals surface area contributed by atoms with Gasteiger partial charge in [0.25, 0.3) is 0 Å². The number of nitrogens with zero attached hydrogens (tertiary/aromatic N) is 1. The van der Waals surface area contributed by atoms with Crippen molar-refractivity contribution in [3.63, 3.8) is 0 Å². The Balaban J connectivity index is 0.000000455. The van der Waals surface area contributed by atoms with Crippen LogP contribution in [-0.2, 0) is 20.9 Å². The van der Waals surface area contributed by atoms with Crippen molar-refractivity contribution in [3.05, 3.63) is 107 Å². The Hall–Kier alpha value is -3.48. The lowest BCUT2D eigenvalue weighted by atomic mass is 9.72. The van der Waals surface area contributed by atoms with E-state index in [9.17, 15) is 0 Å². The lowest BCUT2D eigenvalue weighted by Gasteiger charge is -2.53. The van der Waals surface area contributed by atoms with E-state index in [1.54, 1.807) is 0 Å². The number of aliphatic carboxylic acids is 2. The van der Waals surface area contributed by atoms with Crippen LogP contribution in [0.2, 0.25) is 0 Å². The highest BCUT2D eigenvalue weighted by atomic mass is 16.5. The lowest BCUT2D eigenvalue weighted by molar-refractivity contribution is -0.159. The van der Waals surface area contributed by atoms with Gasteiger partial charge in [0, 0.05) is 12.0 Å². The molecule has 6 rings (SSSR count). The number of aryl methyl sites for hydroxylation is 1. The molecule has 0 radical (unpaired) electrons. The molecule has 0 amide bonds. The quantitative estimate of drug-likeness (QED) is 0.478. The number of hydrogen-bond donors (Lipinski definition) is 2. The Labute approximate surface area is 212 Å². The van der Waals surface area contributed by atoms with Crippen LogP contribution < -0.4 is 0 Å². The zero-order chi connectivity index (χ0) is 25.5. The minimum atomic E-state index is -1.82. The molecule has 0 spiro atoms. The van der Waals surface area contributed by atoms with E-state index in [1.807, 2.05) is 0 Å². The van der Waals surface area contributed by atoms with Crippen molar-refractivity contribution >= 4 is 11.9 Å². The second kappa shape index (κ2) is 12.0. The molecule has 3 aliphatic rings. The first-order chi connectivity index (χ1) is 17.4. The van der Waals surface area contributed by atoms with Gasteiger partial charge >= 0.3 is 11.9 Å². The first kappa shape index (κ1) is 25.6. The van der Waals surface area contributed by atoms with Crippen molar-refractivity contribution in [3.8, 4) is 0 Å².